The smallest absolute Gasteiger partial charge is 0.328 e. The number of carbonyl (C=O) groups excluding carboxylic acids is 1. The van der Waals surface area contributed by atoms with Crippen molar-refractivity contribution in [1.82, 2.24) is 4.90 Å². The zero-order chi connectivity index (χ0) is 13.2. The van der Waals surface area contributed by atoms with Gasteiger partial charge in [0.25, 0.3) is 0 Å². The topological polar surface area (TPSA) is 92.9 Å². The second-order valence-electron chi connectivity index (χ2n) is 5.12. The van der Waals surface area contributed by atoms with E-state index >= 15 is 0 Å². The number of carbonyl (C=O) groups is 2. The van der Waals surface area contributed by atoms with Crippen molar-refractivity contribution in [2.24, 2.45) is 11.1 Å². The minimum Gasteiger partial charge on any atom is -0.480 e. The van der Waals surface area contributed by atoms with E-state index in [0.29, 0.717) is 19.7 Å². The van der Waals surface area contributed by atoms with Crippen LogP contribution in [0.2, 0.25) is 0 Å². The van der Waals surface area contributed by atoms with Crippen LogP contribution in [0.4, 0.5) is 0 Å². The van der Waals surface area contributed by atoms with E-state index in [1.54, 1.807) is 0 Å². The molecule has 102 valence electrons. The number of rotatable bonds is 3. The third-order valence-corrected chi connectivity index (χ3v) is 4.08. The van der Waals surface area contributed by atoms with E-state index < -0.39 is 17.4 Å². The standard InChI is InChI=1S/C12H20N2O4/c13-8-12(3-1-2-4-12)11(17)14-5-6-18-7-9(14)10(15)16/h9H,1-8,13H2,(H,15,16). The molecule has 1 aliphatic heterocycles. The molecule has 3 N–H and O–H groups in total. The molecule has 1 unspecified atom stereocenters. The normalized spacial score (nSPS) is 27.2. The lowest BCUT2D eigenvalue weighted by Crippen LogP contribution is -2.57. The summed E-state index contributed by atoms with van der Waals surface area (Å²) >= 11 is 0. The van der Waals surface area contributed by atoms with Crippen molar-refractivity contribution in [3.05, 3.63) is 0 Å². The molecule has 1 aliphatic carbocycles. The number of amides is 1. The first-order chi connectivity index (χ1) is 8.60. The Hall–Kier alpha value is -1.14. The van der Waals surface area contributed by atoms with Crippen LogP contribution in [0.5, 0.6) is 0 Å². The van der Waals surface area contributed by atoms with Crippen molar-refractivity contribution in [2.75, 3.05) is 26.3 Å². The van der Waals surface area contributed by atoms with Crippen LogP contribution in [0.3, 0.4) is 0 Å². The van der Waals surface area contributed by atoms with Gasteiger partial charge in [-0.15, -0.1) is 0 Å². The van der Waals surface area contributed by atoms with Gasteiger partial charge in [0.05, 0.1) is 18.6 Å². The quantitative estimate of drug-likeness (QED) is 0.730. The van der Waals surface area contributed by atoms with E-state index in [1.807, 2.05) is 0 Å². The van der Waals surface area contributed by atoms with Crippen LogP contribution in [0.15, 0.2) is 0 Å². The van der Waals surface area contributed by atoms with Crippen LogP contribution in [0.25, 0.3) is 0 Å². The van der Waals surface area contributed by atoms with Crippen molar-refractivity contribution in [3.63, 3.8) is 0 Å². The molecule has 2 aliphatic rings. The molecule has 0 aromatic carbocycles. The molecule has 0 spiro atoms. The van der Waals surface area contributed by atoms with E-state index in [1.165, 1.54) is 4.90 Å². The Morgan fingerprint density at radius 3 is 2.61 bits per heavy atom. The molecule has 1 saturated heterocycles. The summed E-state index contributed by atoms with van der Waals surface area (Å²) in [5.74, 6) is -1.11. The van der Waals surface area contributed by atoms with Gasteiger partial charge in [0.15, 0.2) is 6.04 Å². The lowest BCUT2D eigenvalue weighted by molar-refractivity contribution is -0.163. The van der Waals surface area contributed by atoms with Gasteiger partial charge in [0, 0.05) is 13.1 Å². The molecule has 1 heterocycles. The van der Waals surface area contributed by atoms with E-state index in [4.69, 9.17) is 15.6 Å². The largest absolute Gasteiger partial charge is 0.480 e. The number of hydrogen-bond donors (Lipinski definition) is 2. The lowest BCUT2D eigenvalue weighted by Gasteiger charge is -2.39. The highest BCUT2D eigenvalue weighted by molar-refractivity contribution is 5.88. The summed E-state index contributed by atoms with van der Waals surface area (Å²) in [6.07, 6.45) is 3.52. The molecule has 0 aromatic rings. The molecule has 6 heteroatoms. The Labute approximate surface area is 106 Å². The van der Waals surface area contributed by atoms with Crippen molar-refractivity contribution < 1.29 is 19.4 Å². The third kappa shape index (κ3) is 2.22. The molecule has 1 amide bonds. The minimum absolute atomic E-state index is 0.0712. The van der Waals surface area contributed by atoms with Gasteiger partial charge < -0.3 is 20.5 Å². The lowest BCUT2D eigenvalue weighted by atomic mass is 9.84. The molecule has 6 nitrogen and oxygen atoms in total. The second kappa shape index (κ2) is 5.24. The number of aliphatic carboxylic acids is 1. The predicted molar refractivity (Wildman–Crippen MR) is 63.9 cm³/mol. The van der Waals surface area contributed by atoms with Gasteiger partial charge in [-0.05, 0) is 12.8 Å². The Morgan fingerprint density at radius 1 is 1.39 bits per heavy atom. The fraction of sp³-hybridized carbons (Fsp3) is 0.833. The molecule has 0 bridgehead atoms. The molecular formula is C12H20N2O4. The van der Waals surface area contributed by atoms with Gasteiger partial charge >= 0.3 is 5.97 Å². The molecule has 2 rings (SSSR count). The first-order valence-electron chi connectivity index (χ1n) is 6.42. The van der Waals surface area contributed by atoms with Gasteiger partial charge in [-0.3, -0.25) is 4.79 Å². The summed E-state index contributed by atoms with van der Waals surface area (Å²) in [6, 6.07) is -0.865. The van der Waals surface area contributed by atoms with Crippen LogP contribution in [0.1, 0.15) is 25.7 Å². The first-order valence-corrected chi connectivity index (χ1v) is 6.42. The van der Waals surface area contributed by atoms with E-state index in [0.717, 1.165) is 25.7 Å². The summed E-state index contributed by atoms with van der Waals surface area (Å²) in [4.78, 5) is 25.2. The van der Waals surface area contributed by atoms with E-state index in [9.17, 15) is 9.59 Å². The van der Waals surface area contributed by atoms with Crippen molar-refractivity contribution in [1.29, 1.82) is 0 Å². The molecular weight excluding hydrogens is 236 g/mol. The van der Waals surface area contributed by atoms with Crippen LogP contribution in [-0.4, -0.2) is 54.2 Å². The number of carboxylic acid groups (broad SMARTS) is 1. The van der Waals surface area contributed by atoms with Crippen molar-refractivity contribution >= 4 is 11.9 Å². The number of nitrogens with zero attached hydrogens (tertiary/aromatic N) is 1. The Bertz CT molecular complexity index is 339. The highest BCUT2D eigenvalue weighted by Gasteiger charge is 2.46. The molecule has 1 saturated carbocycles. The summed E-state index contributed by atoms with van der Waals surface area (Å²) < 4.78 is 5.15. The molecule has 0 aromatic heterocycles. The average Bonchev–Trinajstić information content (AvgIpc) is 2.87. The summed E-state index contributed by atoms with van der Waals surface area (Å²) in [7, 11) is 0. The monoisotopic (exact) mass is 256 g/mol. The van der Waals surface area contributed by atoms with Crippen molar-refractivity contribution in [3.8, 4) is 0 Å². The molecule has 0 radical (unpaired) electrons. The van der Waals surface area contributed by atoms with Gasteiger partial charge in [-0.2, -0.15) is 0 Å². The van der Waals surface area contributed by atoms with Gasteiger partial charge in [0.1, 0.15) is 0 Å². The number of hydrogen-bond acceptors (Lipinski definition) is 4. The highest BCUT2D eigenvalue weighted by Crippen LogP contribution is 2.39. The Balaban J connectivity index is 2.17. The fourth-order valence-electron chi connectivity index (χ4n) is 2.91. The minimum atomic E-state index is -1.01. The number of carboxylic acids is 1. The summed E-state index contributed by atoms with van der Waals surface area (Å²) in [6.45, 7) is 1.12. The fourth-order valence-corrected chi connectivity index (χ4v) is 2.91. The predicted octanol–water partition coefficient (Wildman–Crippen LogP) is -0.182. The van der Waals surface area contributed by atoms with Crippen LogP contribution >= 0.6 is 0 Å². The van der Waals surface area contributed by atoms with Crippen LogP contribution < -0.4 is 5.73 Å². The van der Waals surface area contributed by atoms with Crippen molar-refractivity contribution in [2.45, 2.75) is 31.7 Å². The Morgan fingerprint density at radius 2 is 2.06 bits per heavy atom. The Kier molecular flexibility index (Phi) is 3.87. The molecule has 2 fully saturated rings. The number of morpholine rings is 1. The van der Waals surface area contributed by atoms with Gasteiger partial charge in [0.2, 0.25) is 5.91 Å². The average molecular weight is 256 g/mol. The molecule has 18 heavy (non-hydrogen) atoms. The van der Waals surface area contributed by atoms with E-state index in [2.05, 4.69) is 0 Å². The van der Waals surface area contributed by atoms with E-state index in [-0.39, 0.29) is 12.5 Å². The first kappa shape index (κ1) is 13.3. The van der Waals surface area contributed by atoms with Gasteiger partial charge in [-0.25, -0.2) is 4.79 Å². The third-order valence-electron chi connectivity index (χ3n) is 4.08. The zero-order valence-corrected chi connectivity index (χ0v) is 10.4. The summed E-state index contributed by atoms with van der Waals surface area (Å²) in [5.41, 5.74) is 5.24. The van der Waals surface area contributed by atoms with Crippen LogP contribution in [0, 0.1) is 5.41 Å². The summed E-state index contributed by atoms with van der Waals surface area (Å²) in [5, 5.41) is 9.15. The molecule has 1 atom stereocenters. The maximum absolute atomic E-state index is 12.6. The number of ether oxygens (including phenoxy) is 1. The second-order valence-corrected chi connectivity index (χ2v) is 5.12. The highest BCUT2D eigenvalue weighted by atomic mass is 16.5. The van der Waals surface area contributed by atoms with Crippen LogP contribution in [-0.2, 0) is 14.3 Å². The number of nitrogens with two attached hydrogens (primary N) is 1. The maximum atomic E-state index is 12.6. The SMILES string of the molecule is NCC1(C(=O)N2CCOCC2C(=O)O)CCCC1. The maximum Gasteiger partial charge on any atom is 0.328 e. The van der Waals surface area contributed by atoms with Gasteiger partial charge in [-0.1, -0.05) is 12.8 Å². The zero-order valence-electron chi connectivity index (χ0n) is 10.4.